The Kier molecular flexibility index (Phi) is 6.81. The van der Waals surface area contributed by atoms with Gasteiger partial charge in [0.05, 0.1) is 35.9 Å². The lowest BCUT2D eigenvalue weighted by atomic mass is 10.1. The fourth-order valence-electron chi connectivity index (χ4n) is 3.69. The van der Waals surface area contributed by atoms with Gasteiger partial charge in [-0.05, 0) is 37.1 Å². The minimum atomic E-state index is -4.84. The van der Waals surface area contributed by atoms with E-state index >= 15 is 0 Å². The van der Waals surface area contributed by atoms with Gasteiger partial charge >= 0.3 is 6.18 Å². The van der Waals surface area contributed by atoms with E-state index in [0.29, 0.717) is 22.4 Å². The van der Waals surface area contributed by atoms with Crippen LogP contribution in [0.3, 0.4) is 0 Å². The summed E-state index contributed by atoms with van der Waals surface area (Å²) in [5.74, 6) is -0.0970. The van der Waals surface area contributed by atoms with Gasteiger partial charge in [-0.2, -0.15) is 13.2 Å². The molecule has 190 valence electrons. The molecule has 2 aromatic carbocycles. The van der Waals surface area contributed by atoms with Crippen LogP contribution in [0.15, 0.2) is 65.2 Å². The molecule has 36 heavy (non-hydrogen) atoms. The van der Waals surface area contributed by atoms with E-state index in [2.05, 4.69) is 4.98 Å². The van der Waals surface area contributed by atoms with Gasteiger partial charge in [0, 0.05) is 23.7 Å². The topological polar surface area (TPSA) is 86.8 Å². The Morgan fingerprint density at radius 2 is 1.69 bits per heavy atom. The highest BCUT2D eigenvalue weighted by molar-refractivity contribution is 7.96. The van der Waals surface area contributed by atoms with Crippen LogP contribution >= 0.6 is 0 Å². The second-order valence-corrected chi connectivity index (χ2v) is 9.37. The van der Waals surface area contributed by atoms with Crippen LogP contribution in [-0.4, -0.2) is 33.8 Å². The number of anilines is 1. The molecule has 0 bridgehead atoms. The van der Waals surface area contributed by atoms with Gasteiger partial charge in [0.15, 0.2) is 23.1 Å². The zero-order valence-corrected chi connectivity index (χ0v) is 19.8. The normalized spacial score (nSPS) is 14.2. The number of aromatic nitrogens is 1. The van der Waals surface area contributed by atoms with Gasteiger partial charge in [0.2, 0.25) is 0 Å². The highest BCUT2D eigenvalue weighted by Crippen LogP contribution is 2.39. The first-order valence-corrected chi connectivity index (χ1v) is 12.0. The summed E-state index contributed by atoms with van der Waals surface area (Å²) in [5.41, 5.74) is -1.02. The molecular formula is C24H20F4N2O5S. The number of halogens is 4. The van der Waals surface area contributed by atoms with Crippen molar-refractivity contribution in [3.63, 3.8) is 0 Å². The number of nitrogens with zero attached hydrogens (tertiary/aromatic N) is 1. The van der Waals surface area contributed by atoms with Crippen molar-refractivity contribution >= 4 is 26.6 Å². The second-order valence-electron chi connectivity index (χ2n) is 7.66. The summed E-state index contributed by atoms with van der Waals surface area (Å²) in [6.45, 7) is 0. The minimum Gasteiger partial charge on any atom is -0.493 e. The smallest absolute Gasteiger partial charge is 0.417 e. The van der Waals surface area contributed by atoms with E-state index in [1.807, 2.05) is 4.72 Å². The number of pyridine rings is 1. The average molecular weight is 524 g/mol. The maximum absolute atomic E-state index is 14.9. The molecule has 0 fully saturated rings. The SMILES string of the molecule is COc1cc2nccc(Oc3ccc(NS(=O)(=O)C4=C(C(F)(F)F)C=CCC4)cc3F)c2cc1OC. The van der Waals surface area contributed by atoms with Crippen LogP contribution in [0.4, 0.5) is 23.2 Å². The summed E-state index contributed by atoms with van der Waals surface area (Å²) >= 11 is 0. The highest BCUT2D eigenvalue weighted by Gasteiger charge is 2.39. The number of hydrogen-bond donors (Lipinski definition) is 1. The number of allylic oxidation sites excluding steroid dienone is 4. The van der Waals surface area contributed by atoms with E-state index in [-0.39, 0.29) is 30.0 Å². The van der Waals surface area contributed by atoms with Gasteiger partial charge < -0.3 is 14.2 Å². The number of sulfonamides is 1. The molecule has 1 heterocycles. The molecule has 4 rings (SSSR count). The maximum atomic E-state index is 14.9. The number of alkyl halides is 3. The van der Waals surface area contributed by atoms with Gasteiger partial charge in [0.1, 0.15) is 5.75 Å². The quantitative estimate of drug-likeness (QED) is 0.377. The van der Waals surface area contributed by atoms with Crippen LogP contribution < -0.4 is 18.9 Å². The van der Waals surface area contributed by atoms with E-state index in [9.17, 15) is 26.0 Å². The monoisotopic (exact) mass is 524 g/mol. The first-order chi connectivity index (χ1) is 17.0. The molecule has 0 aliphatic heterocycles. The molecule has 0 unspecified atom stereocenters. The van der Waals surface area contributed by atoms with Gasteiger partial charge in [-0.1, -0.05) is 12.2 Å². The zero-order valence-electron chi connectivity index (χ0n) is 19.0. The van der Waals surface area contributed by atoms with Crippen LogP contribution in [0.5, 0.6) is 23.0 Å². The Hall–Kier alpha value is -3.80. The first-order valence-electron chi connectivity index (χ1n) is 10.5. The number of rotatable bonds is 7. The number of methoxy groups -OCH3 is 2. The highest BCUT2D eigenvalue weighted by atomic mass is 32.2. The third kappa shape index (κ3) is 5.08. The van der Waals surface area contributed by atoms with Crippen LogP contribution in [0, 0.1) is 5.82 Å². The van der Waals surface area contributed by atoms with Crippen molar-refractivity contribution in [3.8, 4) is 23.0 Å². The summed E-state index contributed by atoms with van der Waals surface area (Å²) in [5, 5.41) is 0.497. The van der Waals surface area contributed by atoms with Crippen LogP contribution in [0.2, 0.25) is 0 Å². The number of ether oxygens (including phenoxy) is 3. The predicted octanol–water partition coefficient (Wildman–Crippen LogP) is 6.09. The van der Waals surface area contributed by atoms with E-state index in [1.165, 1.54) is 44.7 Å². The summed E-state index contributed by atoms with van der Waals surface area (Å²) in [6.07, 6.45) is -1.60. The Labute approximate surface area is 204 Å². The molecule has 3 aromatic rings. The fraction of sp³-hybridized carbons (Fsp3) is 0.208. The van der Waals surface area contributed by atoms with Crippen LogP contribution in [-0.2, 0) is 10.0 Å². The Morgan fingerprint density at radius 3 is 2.36 bits per heavy atom. The first kappa shape index (κ1) is 25.3. The summed E-state index contributed by atoms with van der Waals surface area (Å²) in [6, 6.07) is 7.93. The summed E-state index contributed by atoms with van der Waals surface area (Å²) in [7, 11) is -1.65. The third-order valence-electron chi connectivity index (χ3n) is 5.36. The third-order valence-corrected chi connectivity index (χ3v) is 6.94. The molecule has 7 nitrogen and oxygen atoms in total. The van der Waals surface area contributed by atoms with E-state index < -0.39 is 32.5 Å². The molecular weight excluding hydrogens is 504 g/mol. The molecule has 0 radical (unpaired) electrons. The number of fused-ring (bicyclic) bond motifs is 1. The number of benzene rings is 2. The molecule has 0 saturated heterocycles. The van der Waals surface area contributed by atoms with Crippen LogP contribution in [0.25, 0.3) is 10.9 Å². The van der Waals surface area contributed by atoms with Crippen LogP contribution in [0.1, 0.15) is 12.8 Å². The van der Waals surface area contributed by atoms with Gasteiger partial charge in [-0.15, -0.1) is 0 Å². The minimum absolute atomic E-state index is 0.132. The van der Waals surface area contributed by atoms with Gasteiger partial charge in [0.25, 0.3) is 10.0 Å². The molecule has 0 spiro atoms. The molecule has 1 aromatic heterocycles. The van der Waals surface area contributed by atoms with Crippen molar-refractivity contribution in [3.05, 3.63) is 71.0 Å². The molecule has 0 saturated carbocycles. The molecule has 1 N–H and O–H groups in total. The lowest BCUT2D eigenvalue weighted by Crippen LogP contribution is -2.23. The summed E-state index contributed by atoms with van der Waals surface area (Å²) in [4.78, 5) is 3.44. The average Bonchev–Trinajstić information content (AvgIpc) is 2.84. The maximum Gasteiger partial charge on any atom is 0.417 e. The lowest BCUT2D eigenvalue weighted by molar-refractivity contribution is -0.0889. The Bertz CT molecular complexity index is 1480. The molecule has 0 atom stereocenters. The Balaban J connectivity index is 1.63. The van der Waals surface area contributed by atoms with E-state index in [1.54, 1.807) is 12.1 Å². The molecule has 0 amide bonds. The molecule has 12 heteroatoms. The van der Waals surface area contributed by atoms with Crippen molar-refractivity contribution in [2.45, 2.75) is 19.0 Å². The van der Waals surface area contributed by atoms with Crippen molar-refractivity contribution in [2.24, 2.45) is 0 Å². The molecule has 1 aliphatic carbocycles. The summed E-state index contributed by atoms with van der Waals surface area (Å²) < 4.78 is 98.3. The zero-order chi connectivity index (χ0) is 26.1. The largest absolute Gasteiger partial charge is 0.493 e. The standard InChI is InChI=1S/C24H20F4N2O5S/c1-33-21-12-15-18(13-22(21)34-2)29-10-9-19(15)35-20-8-7-14(11-17(20)25)30-36(31,32)23-6-4-3-5-16(23)24(26,27)28/h3,5,7-13,30H,4,6H2,1-2H3. The van der Waals surface area contributed by atoms with Gasteiger partial charge in [-0.25, -0.2) is 12.8 Å². The van der Waals surface area contributed by atoms with Crippen molar-refractivity contribution in [1.29, 1.82) is 0 Å². The number of nitrogens with one attached hydrogen (secondary N) is 1. The van der Waals surface area contributed by atoms with Gasteiger partial charge in [-0.3, -0.25) is 9.71 Å². The van der Waals surface area contributed by atoms with E-state index in [4.69, 9.17) is 14.2 Å². The van der Waals surface area contributed by atoms with Crippen molar-refractivity contribution < 1.29 is 40.2 Å². The second kappa shape index (κ2) is 9.69. The van der Waals surface area contributed by atoms with Crippen molar-refractivity contribution in [2.75, 3.05) is 18.9 Å². The predicted molar refractivity (Wildman–Crippen MR) is 125 cm³/mol. The lowest BCUT2D eigenvalue weighted by Gasteiger charge is -2.19. The van der Waals surface area contributed by atoms with E-state index in [0.717, 1.165) is 12.1 Å². The number of hydrogen-bond acceptors (Lipinski definition) is 6. The fourth-order valence-corrected chi connectivity index (χ4v) is 5.11. The Morgan fingerprint density at radius 1 is 0.972 bits per heavy atom. The molecule has 1 aliphatic rings. The van der Waals surface area contributed by atoms with Crippen molar-refractivity contribution in [1.82, 2.24) is 4.98 Å².